The van der Waals surface area contributed by atoms with Crippen LogP contribution < -0.4 is 5.32 Å². The van der Waals surface area contributed by atoms with Crippen LogP contribution in [0.15, 0.2) is 46.9 Å². The van der Waals surface area contributed by atoms with Crippen molar-refractivity contribution in [3.8, 4) is 11.1 Å². The Morgan fingerprint density at radius 2 is 1.90 bits per heavy atom. The van der Waals surface area contributed by atoms with Crippen molar-refractivity contribution in [1.29, 1.82) is 0 Å². The summed E-state index contributed by atoms with van der Waals surface area (Å²) in [5.74, 6) is 0. The molecule has 20 heavy (non-hydrogen) atoms. The highest BCUT2D eigenvalue weighted by atomic mass is 79.9. The minimum absolute atomic E-state index is 0.277. The molecule has 0 aliphatic carbocycles. The summed E-state index contributed by atoms with van der Waals surface area (Å²) in [6, 6.07) is 14.8. The summed E-state index contributed by atoms with van der Waals surface area (Å²) in [5, 5.41) is 4.28. The summed E-state index contributed by atoms with van der Waals surface area (Å²) >= 11 is 9.94. The molecule has 1 nitrogen and oxygen atoms in total. The van der Waals surface area contributed by atoms with Gasteiger partial charge in [-0.3, -0.25) is 0 Å². The highest BCUT2D eigenvalue weighted by Gasteiger charge is 2.10. The summed E-state index contributed by atoms with van der Waals surface area (Å²) < 4.78 is 1.08. The molecule has 0 heterocycles. The molecule has 2 rings (SSSR count). The lowest BCUT2D eigenvalue weighted by Crippen LogP contribution is -2.19. The zero-order valence-electron chi connectivity index (χ0n) is 11.8. The molecule has 0 aromatic heterocycles. The smallest absolute Gasteiger partial charge is 0.0459 e. The Balaban J connectivity index is 2.25. The molecule has 2 aromatic rings. The predicted molar refractivity (Wildman–Crippen MR) is 91.3 cm³/mol. The quantitative estimate of drug-likeness (QED) is 0.714. The van der Waals surface area contributed by atoms with Crippen LogP contribution in [0.1, 0.15) is 31.9 Å². The van der Waals surface area contributed by atoms with Gasteiger partial charge in [0.2, 0.25) is 0 Å². The van der Waals surface area contributed by atoms with Crippen molar-refractivity contribution in [3.63, 3.8) is 0 Å². The highest BCUT2D eigenvalue weighted by molar-refractivity contribution is 9.10. The monoisotopic (exact) mass is 351 g/mol. The largest absolute Gasteiger partial charge is 0.310 e. The third kappa shape index (κ3) is 3.85. The molecule has 0 fully saturated rings. The number of hydrogen-bond donors (Lipinski definition) is 1. The molecule has 3 heteroatoms. The first-order chi connectivity index (χ1) is 9.61. The molecule has 0 radical (unpaired) electrons. The Labute approximate surface area is 134 Å². The maximum Gasteiger partial charge on any atom is 0.0459 e. The average Bonchev–Trinajstić information content (AvgIpc) is 2.44. The Morgan fingerprint density at radius 1 is 1.15 bits per heavy atom. The number of benzene rings is 2. The van der Waals surface area contributed by atoms with Crippen LogP contribution in [-0.4, -0.2) is 6.54 Å². The average molecular weight is 353 g/mol. The van der Waals surface area contributed by atoms with Crippen molar-refractivity contribution in [2.75, 3.05) is 6.54 Å². The normalized spacial score (nSPS) is 12.4. The molecular weight excluding hydrogens is 334 g/mol. The van der Waals surface area contributed by atoms with Crippen molar-refractivity contribution >= 4 is 27.5 Å². The number of halogens is 2. The van der Waals surface area contributed by atoms with Crippen LogP contribution in [0.25, 0.3) is 11.1 Å². The molecule has 1 unspecified atom stereocenters. The standard InChI is InChI=1S/C17H19BrClN/c1-3-9-20-12(2)16-8-7-14(11-17(16)19)13-5-4-6-15(18)10-13/h4-8,10-12,20H,3,9H2,1-2H3. The SMILES string of the molecule is CCCNC(C)c1ccc(-c2cccc(Br)c2)cc1Cl. The fraction of sp³-hybridized carbons (Fsp3) is 0.294. The van der Waals surface area contributed by atoms with E-state index in [1.165, 1.54) is 5.56 Å². The zero-order valence-corrected chi connectivity index (χ0v) is 14.1. The van der Waals surface area contributed by atoms with Gasteiger partial charge in [-0.05, 0) is 54.8 Å². The van der Waals surface area contributed by atoms with Crippen molar-refractivity contribution in [1.82, 2.24) is 5.32 Å². The topological polar surface area (TPSA) is 12.0 Å². The van der Waals surface area contributed by atoms with Gasteiger partial charge in [0, 0.05) is 15.5 Å². The summed E-state index contributed by atoms with van der Waals surface area (Å²) in [6.45, 7) is 5.32. The Kier molecular flexibility index (Phi) is 5.64. The predicted octanol–water partition coefficient (Wildman–Crippen LogP) is 5.83. The van der Waals surface area contributed by atoms with Gasteiger partial charge in [0.15, 0.2) is 0 Å². The molecule has 106 valence electrons. The van der Waals surface area contributed by atoms with E-state index in [0.717, 1.165) is 33.6 Å². The lowest BCUT2D eigenvalue weighted by atomic mass is 10.0. The molecule has 0 saturated carbocycles. The van der Waals surface area contributed by atoms with Gasteiger partial charge >= 0.3 is 0 Å². The van der Waals surface area contributed by atoms with E-state index >= 15 is 0 Å². The summed E-state index contributed by atoms with van der Waals surface area (Å²) in [4.78, 5) is 0. The van der Waals surface area contributed by atoms with E-state index in [4.69, 9.17) is 11.6 Å². The van der Waals surface area contributed by atoms with Gasteiger partial charge in [0.1, 0.15) is 0 Å². The maximum absolute atomic E-state index is 6.44. The van der Waals surface area contributed by atoms with Gasteiger partial charge < -0.3 is 5.32 Å². The van der Waals surface area contributed by atoms with Crippen molar-refractivity contribution in [2.45, 2.75) is 26.3 Å². The molecule has 2 aromatic carbocycles. The van der Waals surface area contributed by atoms with Crippen LogP contribution in [-0.2, 0) is 0 Å². The number of nitrogens with one attached hydrogen (secondary N) is 1. The molecular formula is C17H19BrClN. The van der Waals surface area contributed by atoms with Crippen LogP contribution >= 0.6 is 27.5 Å². The molecule has 0 amide bonds. The minimum atomic E-state index is 0.277. The van der Waals surface area contributed by atoms with E-state index < -0.39 is 0 Å². The van der Waals surface area contributed by atoms with E-state index in [9.17, 15) is 0 Å². The summed E-state index contributed by atoms with van der Waals surface area (Å²) in [6.07, 6.45) is 1.12. The maximum atomic E-state index is 6.44. The Bertz CT molecular complexity index is 583. The fourth-order valence-corrected chi connectivity index (χ4v) is 2.94. The van der Waals surface area contributed by atoms with Crippen molar-refractivity contribution < 1.29 is 0 Å². The third-order valence-corrected chi connectivity index (χ3v) is 4.15. The van der Waals surface area contributed by atoms with Gasteiger partial charge in [0.05, 0.1) is 0 Å². The van der Waals surface area contributed by atoms with Crippen LogP contribution in [0.2, 0.25) is 5.02 Å². The molecule has 1 atom stereocenters. The van der Waals surface area contributed by atoms with Crippen LogP contribution in [0.5, 0.6) is 0 Å². The van der Waals surface area contributed by atoms with Gasteiger partial charge in [-0.2, -0.15) is 0 Å². The molecule has 0 aliphatic heterocycles. The van der Waals surface area contributed by atoms with Gasteiger partial charge in [-0.1, -0.05) is 58.7 Å². The number of rotatable bonds is 5. The molecule has 0 aliphatic rings. The second-order valence-corrected chi connectivity index (χ2v) is 6.25. The van der Waals surface area contributed by atoms with Crippen LogP contribution in [0.3, 0.4) is 0 Å². The lowest BCUT2D eigenvalue weighted by Gasteiger charge is -2.16. The fourth-order valence-electron chi connectivity index (χ4n) is 2.20. The van der Waals surface area contributed by atoms with Crippen molar-refractivity contribution in [2.24, 2.45) is 0 Å². The lowest BCUT2D eigenvalue weighted by molar-refractivity contribution is 0.571. The minimum Gasteiger partial charge on any atom is -0.310 e. The zero-order chi connectivity index (χ0) is 14.5. The first kappa shape index (κ1) is 15.6. The first-order valence-electron chi connectivity index (χ1n) is 6.90. The van der Waals surface area contributed by atoms with E-state index in [2.05, 4.69) is 59.4 Å². The van der Waals surface area contributed by atoms with Crippen LogP contribution in [0, 0.1) is 0 Å². The summed E-state index contributed by atoms with van der Waals surface area (Å²) in [7, 11) is 0. The van der Waals surface area contributed by atoms with E-state index in [1.807, 2.05) is 18.2 Å². The van der Waals surface area contributed by atoms with Gasteiger partial charge in [-0.25, -0.2) is 0 Å². The second kappa shape index (κ2) is 7.26. The second-order valence-electron chi connectivity index (χ2n) is 4.92. The van der Waals surface area contributed by atoms with Gasteiger partial charge in [0.25, 0.3) is 0 Å². The molecule has 0 bridgehead atoms. The molecule has 0 saturated heterocycles. The van der Waals surface area contributed by atoms with Crippen molar-refractivity contribution in [3.05, 3.63) is 57.5 Å². The number of hydrogen-bond acceptors (Lipinski definition) is 1. The van der Waals surface area contributed by atoms with E-state index in [1.54, 1.807) is 0 Å². The third-order valence-electron chi connectivity index (χ3n) is 3.33. The Hall–Kier alpha value is -0.830. The Morgan fingerprint density at radius 3 is 2.55 bits per heavy atom. The van der Waals surface area contributed by atoms with Crippen LogP contribution in [0.4, 0.5) is 0 Å². The van der Waals surface area contributed by atoms with Gasteiger partial charge in [-0.15, -0.1) is 0 Å². The summed E-state index contributed by atoms with van der Waals surface area (Å²) in [5.41, 5.74) is 3.46. The van der Waals surface area contributed by atoms with E-state index in [0.29, 0.717) is 0 Å². The first-order valence-corrected chi connectivity index (χ1v) is 8.07. The highest BCUT2D eigenvalue weighted by Crippen LogP contribution is 2.30. The molecule has 0 spiro atoms. The molecule has 1 N–H and O–H groups in total. The van der Waals surface area contributed by atoms with E-state index in [-0.39, 0.29) is 6.04 Å².